The third-order valence-corrected chi connectivity index (χ3v) is 3.85. The first kappa shape index (κ1) is 13.2. The number of nitrogens with one attached hydrogen (secondary N) is 1. The molecule has 3 rings (SSSR count). The zero-order valence-electron chi connectivity index (χ0n) is 11.2. The van der Waals surface area contributed by atoms with Gasteiger partial charge in [0.05, 0.1) is 10.7 Å². The van der Waals surface area contributed by atoms with Crippen molar-refractivity contribution in [3.05, 3.63) is 45.8 Å². The largest absolute Gasteiger partial charge is 0.360 e. The SMILES string of the molecule is Cc1ccc(NC(=O)c2noc3c2CCCC3)c(Cl)c1. The highest BCUT2D eigenvalue weighted by Crippen LogP contribution is 2.27. The van der Waals surface area contributed by atoms with Crippen LogP contribution >= 0.6 is 11.6 Å². The van der Waals surface area contributed by atoms with Crippen molar-refractivity contribution in [1.82, 2.24) is 5.16 Å². The monoisotopic (exact) mass is 290 g/mol. The van der Waals surface area contributed by atoms with Crippen LogP contribution in [0.4, 0.5) is 5.69 Å². The van der Waals surface area contributed by atoms with Gasteiger partial charge in [-0.1, -0.05) is 22.8 Å². The van der Waals surface area contributed by atoms with Crippen LogP contribution in [0.3, 0.4) is 0 Å². The molecule has 1 aromatic heterocycles. The maximum absolute atomic E-state index is 12.3. The van der Waals surface area contributed by atoms with Crippen LogP contribution in [0.25, 0.3) is 0 Å². The zero-order valence-corrected chi connectivity index (χ0v) is 12.0. The van der Waals surface area contributed by atoms with Crippen LogP contribution in [-0.4, -0.2) is 11.1 Å². The molecule has 1 heterocycles. The maximum Gasteiger partial charge on any atom is 0.278 e. The average Bonchev–Trinajstić information content (AvgIpc) is 2.86. The summed E-state index contributed by atoms with van der Waals surface area (Å²) in [6.45, 7) is 1.95. The van der Waals surface area contributed by atoms with Gasteiger partial charge in [-0.05, 0) is 43.9 Å². The van der Waals surface area contributed by atoms with Crippen LogP contribution < -0.4 is 5.32 Å². The van der Waals surface area contributed by atoms with Gasteiger partial charge < -0.3 is 9.84 Å². The van der Waals surface area contributed by atoms with Gasteiger partial charge >= 0.3 is 0 Å². The van der Waals surface area contributed by atoms with Crippen LogP contribution in [0, 0.1) is 6.92 Å². The van der Waals surface area contributed by atoms with Gasteiger partial charge in [0.1, 0.15) is 5.76 Å². The van der Waals surface area contributed by atoms with E-state index in [2.05, 4.69) is 10.5 Å². The molecule has 1 aromatic carbocycles. The summed E-state index contributed by atoms with van der Waals surface area (Å²) in [6, 6.07) is 5.51. The lowest BCUT2D eigenvalue weighted by Crippen LogP contribution is -2.15. The molecule has 1 amide bonds. The predicted octanol–water partition coefficient (Wildman–Crippen LogP) is 3.77. The molecule has 0 fully saturated rings. The third kappa shape index (κ3) is 2.43. The second-order valence-electron chi connectivity index (χ2n) is 5.08. The molecule has 1 aliphatic carbocycles. The number of carbonyl (C=O) groups excluding carboxylic acids is 1. The number of rotatable bonds is 2. The highest BCUT2D eigenvalue weighted by molar-refractivity contribution is 6.34. The van der Waals surface area contributed by atoms with Crippen molar-refractivity contribution < 1.29 is 9.32 Å². The predicted molar refractivity (Wildman–Crippen MR) is 77.3 cm³/mol. The van der Waals surface area contributed by atoms with Crippen molar-refractivity contribution in [2.45, 2.75) is 32.6 Å². The molecule has 0 saturated heterocycles. The minimum absolute atomic E-state index is 0.261. The number of hydrogen-bond acceptors (Lipinski definition) is 3. The number of halogens is 1. The Labute approximate surface area is 122 Å². The lowest BCUT2D eigenvalue weighted by atomic mass is 9.96. The van der Waals surface area contributed by atoms with E-state index >= 15 is 0 Å². The Balaban J connectivity index is 1.84. The summed E-state index contributed by atoms with van der Waals surface area (Å²) in [5.74, 6) is 0.582. The van der Waals surface area contributed by atoms with Crippen molar-refractivity contribution >= 4 is 23.2 Å². The van der Waals surface area contributed by atoms with E-state index in [1.165, 1.54) is 0 Å². The number of benzene rings is 1. The van der Waals surface area contributed by atoms with Crippen molar-refractivity contribution in [3.63, 3.8) is 0 Å². The number of amides is 1. The van der Waals surface area contributed by atoms with E-state index in [0.29, 0.717) is 16.4 Å². The molecule has 0 unspecified atom stereocenters. The summed E-state index contributed by atoms with van der Waals surface area (Å²) in [7, 11) is 0. The van der Waals surface area contributed by atoms with Gasteiger partial charge in [-0.3, -0.25) is 4.79 Å². The van der Waals surface area contributed by atoms with Crippen molar-refractivity contribution in [1.29, 1.82) is 0 Å². The van der Waals surface area contributed by atoms with Gasteiger partial charge in [0.15, 0.2) is 5.69 Å². The minimum Gasteiger partial charge on any atom is -0.360 e. The molecule has 5 heteroatoms. The Kier molecular flexibility index (Phi) is 3.49. The topological polar surface area (TPSA) is 55.1 Å². The average molecular weight is 291 g/mol. The highest BCUT2D eigenvalue weighted by Gasteiger charge is 2.24. The van der Waals surface area contributed by atoms with E-state index in [0.717, 1.165) is 42.6 Å². The molecule has 20 heavy (non-hydrogen) atoms. The number of fused-ring (bicyclic) bond motifs is 1. The van der Waals surface area contributed by atoms with Crippen molar-refractivity contribution in [3.8, 4) is 0 Å². The Morgan fingerprint density at radius 1 is 1.35 bits per heavy atom. The first-order valence-corrected chi connectivity index (χ1v) is 7.08. The number of aromatic nitrogens is 1. The number of nitrogens with zero attached hydrogens (tertiary/aromatic N) is 1. The van der Waals surface area contributed by atoms with Gasteiger partial charge in [0.2, 0.25) is 0 Å². The van der Waals surface area contributed by atoms with E-state index in [9.17, 15) is 4.79 Å². The number of hydrogen-bond donors (Lipinski definition) is 1. The van der Waals surface area contributed by atoms with Crippen LogP contribution in [0.2, 0.25) is 5.02 Å². The van der Waals surface area contributed by atoms with Crippen molar-refractivity contribution in [2.75, 3.05) is 5.32 Å². The van der Waals surface area contributed by atoms with Gasteiger partial charge in [-0.25, -0.2) is 0 Å². The summed E-state index contributed by atoms with van der Waals surface area (Å²) in [5.41, 5.74) is 2.97. The van der Waals surface area contributed by atoms with Crippen molar-refractivity contribution in [2.24, 2.45) is 0 Å². The molecule has 0 radical (unpaired) electrons. The number of anilines is 1. The van der Waals surface area contributed by atoms with Crippen LogP contribution in [0.5, 0.6) is 0 Å². The van der Waals surface area contributed by atoms with Gasteiger partial charge in [0, 0.05) is 12.0 Å². The Bertz CT molecular complexity index is 664. The summed E-state index contributed by atoms with van der Waals surface area (Å²) >= 11 is 6.12. The highest BCUT2D eigenvalue weighted by atomic mass is 35.5. The molecular weight excluding hydrogens is 276 g/mol. The fraction of sp³-hybridized carbons (Fsp3) is 0.333. The summed E-state index contributed by atoms with van der Waals surface area (Å²) in [6.07, 6.45) is 3.87. The third-order valence-electron chi connectivity index (χ3n) is 3.54. The Hall–Kier alpha value is -1.81. The zero-order chi connectivity index (χ0) is 14.1. The molecule has 0 aliphatic heterocycles. The molecule has 4 nitrogen and oxygen atoms in total. The fourth-order valence-corrected chi connectivity index (χ4v) is 2.75. The quantitative estimate of drug-likeness (QED) is 0.916. The minimum atomic E-state index is -0.261. The Morgan fingerprint density at radius 3 is 2.95 bits per heavy atom. The fourth-order valence-electron chi connectivity index (χ4n) is 2.47. The maximum atomic E-state index is 12.3. The van der Waals surface area contributed by atoms with E-state index in [4.69, 9.17) is 16.1 Å². The van der Waals surface area contributed by atoms with Crippen LogP contribution in [-0.2, 0) is 12.8 Å². The van der Waals surface area contributed by atoms with E-state index in [1.54, 1.807) is 6.07 Å². The molecule has 0 spiro atoms. The molecule has 104 valence electrons. The van der Waals surface area contributed by atoms with Gasteiger partial charge in [-0.15, -0.1) is 0 Å². The summed E-state index contributed by atoms with van der Waals surface area (Å²) in [5, 5.41) is 7.23. The van der Waals surface area contributed by atoms with Gasteiger partial charge in [0.25, 0.3) is 5.91 Å². The number of carbonyl (C=O) groups is 1. The number of aryl methyl sites for hydroxylation is 2. The molecule has 0 bridgehead atoms. The first-order chi connectivity index (χ1) is 9.65. The van der Waals surface area contributed by atoms with E-state index in [1.807, 2.05) is 19.1 Å². The molecule has 1 N–H and O–H groups in total. The first-order valence-electron chi connectivity index (χ1n) is 6.70. The lowest BCUT2D eigenvalue weighted by Gasteiger charge is -2.10. The van der Waals surface area contributed by atoms with Crippen LogP contribution in [0.15, 0.2) is 22.7 Å². The Morgan fingerprint density at radius 2 is 2.15 bits per heavy atom. The second-order valence-corrected chi connectivity index (χ2v) is 5.48. The molecule has 2 aromatic rings. The smallest absolute Gasteiger partial charge is 0.278 e. The van der Waals surface area contributed by atoms with Crippen LogP contribution in [0.1, 0.15) is 40.2 Å². The molecule has 1 aliphatic rings. The van der Waals surface area contributed by atoms with Gasteiger partial charge in [-0.2, -0.15) is 0 Å². The standard InChI is InChI=1S/C15H15ClN2O2/c1-9-6-7-12(11(16)8-9)17-15(19)14-10-4-2-3-5-13(10)20-18-14/h6-8H,2-5H2,1H3,(H,17,19). The van der Waals surface area contributed by atoms with E-state index < -0.39 is 0 Å². The summed E-state index contributed by atoms with van der Waals surface area (Å²) in [4.78, 5) is 12.3. The second kappa shape index (κ2) is 5.29. The molecule has 0 atom stereocenters. The molecule has 0 saturated carbocycles. The summed E-state index contributed by atoms with van der Waals surface area (Å²) < 4.78 is 5.25. The van der Waals surface area contributed by atoms with E-state index in [-0.39, 0.29) is 5.91 Å². The normalized spacial score (nSPS) is 13.9. The lowest BCUT2D eigenvalue weighted by molar-refractivity contribution is 0.101. The molecular formula is C15H15ClN2O2.